The van der Waals surface area contributed by atoms with E-state index < -0.39 is 24.1 Å². The monoisotopic (exact) mass is 652 g/mol. The minimum atomic E-state index is -1.13. The number of carbonyl (C=O) groups is 3. The van der Waals surface area contributed by atoms with Crippen LogP contribution in [-0.2, 0) is 16.2 Å². The predicted octanol–water partition coefficient (Wildman–Crippen LogP) is 8.44. The molecule has 0 radical (unpaired) electrons. The van der Waals surface area contributed by atoms with Crippen LogP contribution in [0.2, 0.25) is 10.0 Å². The molecule has 4 aromatic rings. The highest BCUT2D eigenvalue weighted by atomic mass is 35.5. The van der Waals surface area contributed by atoms with Gasteiger partial charge in [-0.1, -0.05) is 83.9 Å². The molecule has 0 bridgehead atoms. The zero-order valence-electron chi connectivity index (χ0n) is 23.8. The Labute approximate surface area is 269 Å². The SMILES string of the molecule is CC(C1CCN(OC(=O)OCc2ccccc2)CC1)N(C(=O)c1ccc(Cl)cc1Cl)c1cc(-c2ccccc2)sc1C(=O)O. The lowest BCUT2D eigenvalue weighted by Gasteiger charge is -2.38. The summed E-state index contributed by atoms with van der Waals surface area (Å²) in [4.78, 5) is 46.7. The molecule has 1 aromatic heterocycles. The number of piperidine rings is 1. The molecule has 1 aliphatic heterocycles. The van der Waals surface area contributed by atoms with Crippen molar-refractivity contribution in [3.63, 3.8) is 0 Å². The zero-order chi connectivity index (χ0) is 31.2. The summed E-state index contributed by atoms with van der Waals surface area (Å²) < 4.78 is 5.24. The van der Waals surface area contributed by atoms with Gasteiger partial charge >= 0.3 is 12.1 Å². The summed E-state index contributed by atoms with van der Waals surface area (Å²) >= 11 is 13.7. The zero-order valence-corrected chi connectivity index (χ0v) is 26.1. The maximum Gasteiger partial charge on any atom is 0.528 e. The van der Waals surface area contributed by atoms with Gasteiger partial charge in [-0.2, -0.15) is 0 Å². The number of carbonyl (C=O) groups excluding carboxylic acids is 2. The van der Waals surface area contributed by atoms with Crippen molar-refractivity contribution in [1.29, 1.82) is 0 Å². The predicted molar refractivity (Wildman–Crippen MR) is 171 cm³/mol. The van der Waals surface area contributed by atoms with Crippen molar-refractivity contribution in [3.8, 4) is 10.4 Å². The molecule has 0 saturated carbocycles. The molecule has 1 N–H and O–H groups in total. The van der Waals surface area contributed by atoms with E-state index in [2.05, 4.69) is 0 Å². The third-order valence-electron chi connectivity index (χ3n) is 7.60. The van der Waals surface area contributed by atoms with Gasteiger partial charge in [-0.25, -0.2) is 9.59 Å². The number of anilines is 1. The van der Waals surface area contributed by atoms with E-state index in [0.29, 0.717) is 36.6 Å². The van der Waals surface area contributed by atoms with Gasteiger partial charge in [-0.05, 0) is 61.1 Å². The number of hydroxylamine groups is 2. The van der Waals surface area contributed by atoms with Crippen molar-refractivity contribution in [2.45, 2.75) is 32.4 Å². The van der Waals surface area contributed by atoms with Gasteiger partial charge < -0.3 is 19.6 Å². The average Bonchev–Trinajstić information content (AvgIpc) is 3.47. The number of hydrogen-bond donors (Lipinski definition) is 1. The van der Waals surface area contributed by atoms with E-state index in [1.807, 2.05) is 67.6 Å². The molecule has 44 heavy (non-hydrogen) atoms. The Hall–Kier alpha value is -3.89. The Morgan fingerprint density at radius 3 is 2.27 bits per heavy atom. The summed E-state index contributed by atoms with van der Waals surface area (Å²) in [6.45, 7) is 2.85. The quantitative estimate of drug-likeness (QED) is 0.181. The highest BCUT2D eigenvalue weighted by Gasteiger charge is 2.36. The van der Waals surface area contributed by atoms with Crippen molar-refractivity contribution in [2.24, 2.45) is 5.92 Å². The molecule has 1 fully saturated rings. The molecule has 8 nitrogen and oxygen atoms in total. The van der Waals surface area contributed by atoms with Crippen LogP contribution >= 0.6 is 34.5 Å². The van der Waals surface area contributed by atoms with Crippen LogP contribution in [0.15, 0.2) is 84.9 Å². The normalized spacial score (nSPS) is 14.5. The second kappa shape index (κ2) is 14.3. The Morgan fingerprint density at radius 1 is 0.977 bits per heavy atom. The second-order valence-electron chi connectivity index (χ2n) is 10.4. The average molecular weight is 654 g/mol. The summed E-state index contributed by atoms with van der Waals surface area (Å²) in [5.74, 6) is -1.59. The first-order chi connectivity index (χ1) is 21.2. The molecule has 1 unspecified atom stereocenters. The van der Waals surface area contributed by atoms with E-state index in [1.165, 1.54) is 11.0 Å². The number of amides is 1. The fourth-order valence-electron chi connectivity index (χ4n) is 5.27. The van der Waals surface area contributed by atoms with Crippen LogP contribution in [0.4, 0.5) is 10.5 Å². The number of rotatable bonds is 9. The molecule has 0 aliphatic carbocycles. The first-order valence-corrected chi connectivity index (χ1v) is 15.6. The summed E-state index contributed by atoms with van der Waals surface area (Å²) in [5, 5.41) is 12.3. The highest BCUT2D eigenvalue weighted by molar-refractivity contribution is 7.18. The highest BCUT2D eigenvalue weighted by Crippen LogP contribution is 2.40. The van der Waals surface area contributed by atoms with Crippen LogP contribution in [0, 0.1) is 5.92 Å². The van der Waals surface area contributed by atoms with Crippen molar-refractivity contribution in [1.82, 2.24) is 5.06 Å². The Bertz CT molecular complexity index is 1620. The van der Waals surface area contributed by atoms with Crippen molar-refractivity contribution in [2.75, 3.05) is 18.0 Å². The standard InChI is InChI=1S/C33H30Cl2N2O6S/c1-21(23-14-16-36(17-15-23)43-33(41)42-20-22-8-4-2-5-9-22)37(31(38)26-13-12-25(34)18-27(26)35)28-19-29(44-30(28)32(39)40)24-10-6-3-7-11-24/h2-13,18-19,21,23H,14-17,20H2,1H3,(H,39,40). The minimum absolute atomic E-state index is 0.0352. The third kappa shape index (κ3) is 7.42. The van der Waals surface area contributed by atoms with E-state index in [1.54, 1.807) is 23.3 Å². The number of halogens is 2. The summed E-state index contributed by atoms with van der Waals surface area (Å²) in [6.07, 6.45) is 0.388. The molecule has 11 heteroatoms. The molecule has 3 aromatic carbocycles. The number of carboxylic acid groups (broad SMARTS) is 1. The minimum Gasteiger partial charge on any atom is -0.477 e. The molecule has 228 valence electrons. The molecule has 5 rings (SSSR count). The van der Waals surface area contributed by atoms with Gasteiger partial charge in [0.05, 0.1) is 16.3 Å². The largest absolute Gasteiger partial charge is 0.528 e. The first-order valence-electron chi connectivity index (χ1n) is 14.1. The number of aromatic carboxylic acids is 1. The van der Waals surface area contributed by atoms with E-state index >= 15 is 0 Å². The fraction of sp³-hybridized carbons (Fsp3) is 0.242. The number of carboxylic acids is 1. The number of benzene rings is 3. The molecule has 1 atom stereocenters. The van der Waals surface area contributed by atoms with Crippen LogP contribution in [0.1, 0.15) is 45.4 Å². The van der Waals surface area contributed by atoms with E-state index in [4.69, 9.17) is 32.8 Å². The molecule has 0 spiro atoms. The number of ether oxygens (including phenoxy) is 1. The molecule has 1 saturated heterocycles. The maximum atomic E-state index is 14.2. The van der Waals surface area contributed by atoms with Crippen LogP contribution in [0.3, 0.4) is 0 Å². The van der Waals surface area contributed by atoms with Crippen molar-refractivity contribution in [3.05, 3.63) is 111 Å². The van der Waals surface area contributed by atoms with Crippen LogP contribution in [0.5, 0.6) is 0 Å². The number of nitrogens with zero attached hydrogens (tertiary/aromatic N) is 2. The second-order valence-corrected chi connectivity index (χ2v) is 12.3. The maximum absolute atomic E-state index is 14.2. The number of thiophene rings is 1. The first kappa shape index (κ1) is 31.5. The van der Waals surface area contributed by atoms with Gasteiger partial charge in [0.1, 0.15) is 11.5 Å². The summed E-state index contributed by atoms with van der Waals surface area (Å²) in [6, 6.07) is 24.7. The third-order valence-corrected chi connectivity index (χ3v) is 9.31. The molecular weight excluding hydrogens is 623 g/mol. The van der Waals surface area contributed by atoms with Gasteiger partial charge in [0.2, 0.25) is 0 Å². The Kier molecular flexibility index (Phi) is 10.2. The van der Waals surface area contributed by atoms with Gasteiger partial charge in [0.15, 0.2) is 0 Å². The molecule has 1 aliphatic rings. The lowest BCUT2D eigenvalue weighted by molar-refractivity contribution is -0.145. The van der Waals surface area contributed by atoms with Gasteiger partial charge in [0, 0.05) is 29.0 Å². The number of hydrogen-bond acceptors (Lipinski definition) is 7. The molecular formula is C33H30Cl2N2O6S. The molecule has 2 heterocycles. The van der Waals surface area contributed by atoms with Gasteiger partial charge in [-0.15, -0.1) is 16.4 Å². The fourth-order valence-corrected chi connectivity index (χ4v) is 6.76. The van der Waals surface area contributed by atoms with Crippen molar-refractivity contribution >= 4 is 58.3 Å². The van der Waals surface area contributed by atoms with Crippen LogP contribution in [-0.4, -0.2) is 47.3 Å². The van der Waals surface area contributed by atoms with E-state index in [0.717, 1.165) is 27.3 Å². The van der Waals surface area contributed by atoms with Gasteiger partial charge in [0.25, 0.3) is 5.91 Å². The topological polar surface area (TPSA) is 96.4 Å². The van der Waals surface area contributed by atoms with Crippen LogP contribution < -0.4 is 4.90 Å². The summed E-state index contributed by atoms with van der Waals surface area (Å²) in [7, 11) is 0. The summed E-state index contributed by atoms with van der Waals surface area (Å²) in [5.41, 5.74) is 2.22. The Morgan fingerprint density at radius 2 is 1.64 bits per heavy atom. The van der Waals surface area contributed by atoms with E-state index in [9.17, 15) is 19.5 Å². The lowest BCUT2D eigenvalue weighted by atomic mass is 9.89. The smallest absolute Gasteiger partial charge is 0.477 e. The van der Waals surface area contributed by atoms with E-state index in [-0.39, 0.29) is 28.0 Å². The van der Waals surface area contributed by atoms with Gasteiger partial charge in [-0.3, -0.25) is 4.79 Å². The van der Waals surface area contributed by atoms with Crippen LogP contribution in [0.25, 0.3) is 10.4 Å². The van der Waals surface area contributed by atoms with Crippen molar-refractivity contribution < 1.29 is 29.1 Å². The molecule has 1 amide bonds. The Balaban J connectivity index is 1.37. The lowest BCUT2D eigenvalue weighted by Crippen LogP contribution is -2.47.